The van der Waals surface area contributed by atoms with Crippen molar-refractivity contribution >= 4 is 0 Å². The molecule has 1 aromatic carbocycles. The molecule has 3 unspecified atom stereocenters. The lowest BCUT2D eigenvalue weighted by Crippen LogP contribution is -2.28. The number of hydrogen-bond donors (Lipinski definition) is 2. The third-order valence-electron chi connectivity index (χ3n) is 4.04. The summed E-state index contributed by atoms with van der Waals surface area (Å²) in [5.74, 6) is 1.18. The van der Waals surface area contributed by atoms with Gasteiger partial charge in [0.25, 0.3) is 0 Å². The maximum atomic E-state index is 9.29. The van der Waals surface area contributed by atoms with Crippen LogP contribution < -0.4 is 5.32 Å². The number of hydrogen-bond acceptors (Lipinski definition) is 2. The van der Waals surface area contributed by atoms with Gasteiger partial charge in [-0.1, -0.05) is 36.8 Å². The third kappa shape index (κ3) is 3.30. The van der Waals surface area contributed by atoms with Crippen molar-refractivity contribution in [2.45, 2.75) is 32.2 Å². The fourth-order valence-corrected chi connectivity index (χ4v) is 2.81. The minimum absolute atomic E-state index is 0.353. The summed E-state index contributed by atoms with van der Waals surface area (Å²) in [4.78, 5) is 0. The summed E-state index contributed by atoms with van der Waals surface area (Å²) in [7, 11) is 0. The van der Waals surface area contributed by atoms with E-state index in [1.807, 2.05) is 0 Å². The molecule has 0 radical (unpaired) electrons. The second-order valence-electron chi connectivity index (χ2n) is 5.17. The summed E-state index contributed by atoms with van der Waals surface area (Å²) in [6.07, 6.45) is 3.74. The van der Waals surface area contributed by atoms with Gasteiger partial charge < -0.3 is 10.4 Å². The molecule has 1 fully saturated rings. The lowest BCUT2D eigenvalue weighted by Gasteiger charge is -2.21. The normalized spacial score (nSPS) is 26.0. The van der Waals surface area contributed by atoms with Crippen molar-refractivity contribution in [3.8, 4) is 0 Å². The first-order valence-electron chi connectivity index (χ1n) is 6.70. The highest BCUT2D eigenvalue weighted by atomic mass is 16.3. The quantitative estimate of drug-likeness (QED) is 0.819. The van der Waals surface area contributed by atoms with Gasteiger partial charge in [0.1, 0.15) is 0 Å². The summed E-state index contributed by atoms with van der Waals surface area (Å²) in [6.45, 7) is 3.59. The lowest BCUT2D eigenvalue weighted by atomic mass is 9.96. The SMILES string of the molecule is CC(NCC1CCCC1CO)c1ccccc1. The Bertz CT molecular complexity index is 325. The van der Waals surface area contributed by atoms with E-state index in [0.717, 1.165) is 6.54 Å². The molecule has 1 aliphatic rings. The standard InChI is InChI=1S/C15H23NO/c1-12(13-6-3-2-4-7-13)16-10-14-8-5-9-15(14)11-17/h2-4,6-7,12,14-17H,5,8-11H2,1H3. The van der Waals surface area contributed by atoms with Crippen LogP contribution in [-0.2, 0) is 0 Å². The van der Waals surface area contributed by atoms with Gasteiger partial charge in [-0.2, -0.15) is 0 Å². The first kappa shape index (κ1) is 12.6. The minimum atomic E-state index is 0.353. The number of aliphatic hydroxyl groups excluding tert-OH is 1. The Labute approximate surface area is 104 Å². The molecule has 2 rings (SSSR count). The van der Waals surface area contributed by atoms with E-state index >= 15 is 0 Å². The fraction of sp³-hybridized carbons (Fsp3) is 0.600. The van der Waals surface area contributed by atoms with Gasteiger partial charge in [-0.25, -0.2) is 0 Å². The summed E-state index contributed by atoms with van der Waals surface area (Å²) >= 11 is 0. The Morgan fingerprint density at radius 3 is 2.65 bits per heavy atom. The molecule has 3 atom stereocenters. The smallest absolute Gasteiger partial charge is 0.0462 e. The van der Waals surface area contributed by atoms with E-state index < -0.39 is 0 Å². The predicted molar refractivity (Wildman–Crippen MR) is 70.8 cm³/mol. The zero-order valence-electron chi connectivity index (χ0n) is 10.6. The van der Waals surface area contributed by atoms with Crippen LogP contribution in [0.25, 0.3) is 0 Å². The third-order valence-corrected chi connectivity index (χ3v) is 4.04. The Hall–Kier alpha value is -0.860. The molecule has 1 aliphatic carbocycles. The molecule has 1 aromatic rings. The molecule has 0 aromatic heterocycles. The van der Waals surface area contributed by atoms with Crippen molar-refractivity contribution in [2.75, 3.05) is 13.2 Å². The van der Waals surface area contributed by atoms with Crippen molar-refractivity contribution in [3.63, 3.8) is 0 Å². The van der Waals surface area contributed by atoms with Crippen LogP contribution in [0, 0.1) is 11.8 Å². The average Bonchev–Trinajstić information content (AvgIpc) is 2.84. The van der Waals surface area contributed by atoms with Crippen LogP contribution >= 0.6 is 0 Å². The summed E-state index contributed by atoms with van der Waals surface area (Å²) in [5, 5.41) is 12.9. The molecule has 2 nitrogen and oxygen atoms in total. The van der Waals surface area contributed by atoms with Gasteiger partial charge in [0.05, 0.1) is 0 Å². The van der Waals surface area contributed by atoms with Crippen LogP contribution in [0.2, 0.25) is 0 Å². The zero-order chi connectivity index (χ0) is 12.1. The molecule has 0 aliphatic heterocycles. The predicted octanol–water partition coefficient (Wildman–Crippen LogP) is 2.75. The molecule has 17 heavy (non-hydrogen) atoms. The van der Waals surface area contributed by atoms with E-state index in [1.54, 1.807) is 0 Å². The van der Waals surface area contributed by atoms with Crippen LogP contribution in [0.5, 0.6) is 0 Å². The van der Waals surface area contributed by atoms with Crippen molar-refractivity contribution in [2.24, 2.45) is 11.8 Å². The monoisotopic (exact) mass is 233 g/mol. The van der Waals surface area contributed by atoms with Gasteiger partial charge in [-0.15, -0.1) is 0 Å². The molecule has 0 spiro atoms. The maximum absolute atomic E-state index is 9.29. The molecular formula is C15H23NO. The molecule has 2 heteroatoms. The van der Waals surface area contributed by atoms with Gasteiger partial charge in [0.15, 0.2) is 0 Å². The second-order valence-corrected chi connectivity index (χ2v) is 5.17. The summed E-state index contributed by atoms with van der Waals surface area (Å²) < 4.78 is 0. The molecule has 2 N–H and O–H groups in total. The minimum Gasteiger partial charge on any atom is -0.396 e. The lowest BCUT2D eigenvalue weighted by molar-refractivity contribution is 0.190. The zero-order valence-corrected chi connectivity index (χ0v) is 10.6. The molecular weight excluding hydrogens is 210 g/mol. The van der Waals surface area contributed by atoms with E-state index in [2.05, 4.69) is 42.6 Å². The molecule has 0 amide bonds. The highest BCUT2D eigenvalue weighted by Gasteiger charge is 2.26. The van der Waals surface area contributed by atoms with Gasteiger partial charge in [0.2, 0.25) is 0 Å². The van der Waals surface area contributed by atoms with Gasteiger partial charge in [-0.3, -0.25) is 0 Å². The molecule has 1 saturated carbocycles. The van der Waals surface area contributed by atoms with E-state index in [4.69, 9.17) is 0 Å². The molecule has 0 heterocycles. The number of aliphatic hydroxyl groups is 1. The van der Waals surface area contributed by atoms with Crippen LogP contribution in [0.4, 0.5) is 0 Å². The second kappa shape index (κ2) is 6.18. The van der Waals surface area contributed by atoms with E-state index in [9.17, 15) is 5.11 Å². The molecule has 0 bridgehead atoms. The Morgan fingerprint density at radius 1 is 1.24 bits per heavy atom. The number of benzene rings is 1. The Kier molecular flexibility index (Phi) is 4.57. The van der Waals surface area contributed by atoms with Gasteiger partial charge in [-0.05, 0) is 43.7 Å². The number of rotatable bonds is 5. The van der Waals surface area contributed by atoms with Gasteiger partial charge in [0, 0.05) is 12.6 Å². The van der Waals surface area contributed by atoms with Crippen molar-refractivity contribution in [3.05, 3.63) is 35.9 Å². The van der Waals surface area contributed by atoms with Crippen molar-refractivity contribution in [1.29, 1.82) is 0 Å². The Morgan fingerprint density at radius 2 is 1.94 bits per heavy atom. The first-order chi connectivity index (χ1) is 8.31. The van der Waals surface area contributed by atoms with Gasteiger partial charge >= 0.3 is 0 Å². The summed E-state index contributed by atoms with van der Waals surface area (Å²) in [5.41, 5.74) is 1.34. The van der Waals surface area contributed by atoms with E-state index in [0.29, 0.717) is 24.5 Å². The highest BCUT2D eigenvalue weighted by Crippen LogP contribution is 2.31. The largest absolute Gasteiger partial charge is 0.396 e. The fourth-order valence-electron chi connectivity index (χ4n) is 2.81. The van der Waals surface area contributed by atoms with E-state index in [-0.39, 0.29) is 0 Å². The highest BCUT2D eigenvalue weighted by molar-refractivity contribution is 5.18. The van der Waals surface area contributed by atoms with Crippen molar-refractivity contribution in [1.82, 2.24) is 5.32 Å². The molecule has 94 valence electrons. The van der Waals surface area contributed by atoms with Crippen LogP contribution in [0.15, 0.2) is 30.3 Å². The molecule has 0 saturated heterocycles. The summed E-state index contributed by atoms with van der Waals surface area (Å²) in [6, 6.07) is 10.9. The van der Waals surface area contributed by atoms with Crippen molar-refractivity contribution < 1.29 is 5.11 Å². The first-order valence-corrected chi connectivity index (χ1v) is 6.70. The Balaban J connectivity index is 1.82. The topological polar surface area (TPSA) is 32.3 Å². The van der Waals surface area contributed by atoms with E-state index in [1.165, 1.54) is 24.8 Å². The maximum Gasteiger partial charge on any atom is 0.0462 e. The van der Waals surface area contributed by atoms with Crippen LogP contribution in [0.3, 0.4) is 0 Å². The average molecular weight is 233 g/mol. The van der Waals surface area contributed by atoms with Crippen LogP contribution in [-0.4, -0.2) is 18.3 Å². The number of nitrogens with one attached hydrogen (secondary N) is 1. The van der Waals surface area contributed by atoms with Crippen LogP contribution in [0.1, 0.15) is 37.8 Å².